The molecule has 1 saturated heterocycles. The number of hydrogen-bond acceptors (Lipinski definition) is 4. The first-order valence-electron chi connectivity index (χ1n) is 8.82. The van der Waals surface area contributed by atoms with Crippen LogP contribution in [0.1, 0.15) is 25.7 Å². The van der Waals surface area contributed by atoms with E-state index < -0.39 is 0 Å². The van der Waals surface area contributed by atoms with Gasteiger partial charge in [0, 0.05) is 43.6 Å². The van der Waals surface area contributed by atoms with E-state index in [1.165, 1.54) is 0 Å². The SMILES string of the molecule is O=C(CCCCOc1ccc(Br)cc1)NCCCN1CCNCC1. The minimum Gasteiger partial charge on any atom is -0.494 e. The van der Waals surface area contributed by atoms with Gasteiger partial charge in [-0.15, -0.1) is 0 Å². The molecule has 1 amide bonds. The number of carbonyl (C=O) groups is 1. The van der Waals surface area contributed by atoms with Gasteiger partial charge in [-0.1, -0.05) is 15.9 Å². The van der Waals surface area contributed by atoms with Gasteiger partial charge >= 0.3 is 0 Å². The number of benzene rings is 1. The van der Waals surface area contributed by atoms with Crippen molar-refractivity contribution in [3.63, 3.8) is 0 Å². The van der Waals surface area contributed by atoms with Crippen molar-refractivity contribution >= 4 is 21.8 Å². The first-order valence-corrected chi connectivity index (χ1v) is 9.61. The molecule has 2 N–H and O–H groups in total. The third-order valence-corrected chi connectivity index (χ3v) is 4.59. The van der Waals surface area contributed by atoms with Gasteiger partial charge in [0.2, 0.25) is 5.91 Å². The second kappa shape index (κ2) is 11.4. The van der Waals surface area contributed by atoms with E-state index in [1.54, 1.807) is 0 Å². The molecule has 1 aliphatic heterocycles. The monoisotopic (exact) mass is 397 g/mol. The number of carbonyl (C=O) groups excluding carboxylic acids is 1. The van der Waals surface area contributed by atoms with E-state index in [-0.39, 0.29) is 5.91 Å². The van der Waals surface area contributed by atoms with Crippen LogP contribution in [0.5, 0.6) is 5.75 Å². The van der Waals surface area contributed by atoms with Gasteiger partial charge in [0.05, 0.1) is 6.61 Å². The van der Waals surface area contributed by atoms with Gasteiger partial charge in [0.25, 0.3) is 0 Å². The number of nitrogens with zero attached hydrogens (tertiary/aromatic N) is 1. The lowest BCUT2D eigenvalue weighted by atomic mass is 10.2. The minimum absolute atomic E-state index is 0.152. The van der Waals surface area contributed by atoms with Crippen LogP contribution >= 0.6 is 15.9 Å². The lowest BCUT2D eigenvalue weighted by Crippen LogP contribution is -2.44. The third kappa shape index (κ3) is 8.13. The highest BCUT2D eigenvalue weighted by Gasteiger charge is 2.08. The molecule has 0 spiro atoms. The fourth-order valence-corrected chi connectivity index (χ4v) is 2.93. The zero-order valence-corrected chi connectivity index (χ0v) is 15.8. The first-order chi connectivity index (χ1) is 11.7. The van der Waals surface area contributed by atoms with Gasteiger partial charge in [0.1, 0.15) is 5.75 Å². The van der Waals surface area contributed by atoms with Crippen LogP contribution in [-0.4, -0.2) is 56.7 Å². The largest absolute Gasteiger partial charge is 0.494 e. The number of halogens is 1. The molecule has 1 aliphatic rings. The predicted molar refractivity (Wildman–Crippen MR) is 100 cm³/mol. The summed E-state index contributed by atoms with van der Waals surface area (Å²) in [6.45, 7) is 6.89. The standard InChI is InChI=1S/C18H28BrN3O2/c19-16-5-7-17(8-6-16)24-15-2-1-4-18(23)21-9-3-12-22-13-10-20-11-14-22/h5-8,20H,1-4,9-15H2,(H,21,23). The summed E-state index contributed by atoms with van der Waals surface area (Å²) >= 11 is 3.40. The van der Waals surface area contributed by atoms with Gasteiger partial charge in [-0.25, -0.2) is 0 Å². The molecule has 2 rings (SSSR count). The van der Waals surface area contributed by atoms with E-state index in [0.717, 1.165) is 68.8 Å². The second-order valence-electron chi connectivity index (χ2n) is 6.05. The quantitative estimate of drug-likeness (QED) is 0.595. The van der Waals surface area contributed by atoms with E-state index in [0.29, 0.717) is 13.0 Å². The molecule has 24 heavy (non-hydrogen) atoms. The normalized spacial score (nSPS) is 15.2. The average Bonchev–Trinajstić information content (AvgIpc) is 2.61. The zero-order chi connectivity index (χ0) is 17.0. The summed E-state index contributed by atoms with van der Waals surface area (Å²) in [6, 6.07) is 7.80. The Morgan fingerprint density at radius 3 is 2.67 bits per heavy atom. The van der Waals surface area contributed by atoms with Gasteiger partial charge in [-0.2, -0.15) is 0 Å². The van der Waals surface area contributed by atoms with Crippen molar-refractivity contribution in [1.82, 2.24) is 15.5 Å². The molecule has 0 saturated carbocycles. The molecule has 0 aromatic heterocycles. The first kappa shape index (κ1) is 19.2. The van der Waals surface area contributed by atoms with Crippen LogP contribution in [0.4, 0.5) is 0 Å². The average molecular weight is 398 g/mol. The number of amides is 1. The van der Waals surface area contributed by atoms with Gasteiger partial charge in [-0.3, -0.25) is 4.79 Å². The van der Waals surface area contributed by atoms with Crippen LogP contribution < -0.4 is 15.4 Å². The minimum atomic E-state index is 0.152. The number of hydrogen-bond donors (Lipinski definition) is 2. The van der Waals surface area contributed by atoms with E-state index in [4.69, 9.17) is 4.74 Å². The molecule has 1 fully saturated rings. The van der Waals surface area contributed by atoms with Gasteiger partial charge in [0.15, 0.2) is 0 Å². The zero-order valence-electron chi connectivity index (χ0n) is 14.2. The number of unbranched alkanes of at least 4 members (excludes halogenated alkanes) is 1. The molecule has 1 aromatic rings. The molecule has 0 bridgehead atoms. The van der Waals surface area contributed by atoms with Crippen molar-refractivity contribution in [1.29, 1.82) is 0 Å². The molecular weight excluding hydrogens is 370 g/mol. The van der Waals surface area contributed by atoms with Crippen LogP contribution in [0, 0.1) is 0 Å². The summed E-state index contributed by atoms with van der Waals surface area (Å²) in [7, 11) is 0. The second-order valence-corrected chi connectivity index (χ2v) is 6.97. The van der Waals surface area contributed by atoms with E-state index >= 15 is 0 Å². The van der Waals surface area contributed by atoms with E-state index in [2.05, 4.69) is 31.5 Å². The lowest BCUT2D eigenvalue weighted by molar-refractivity contribution is -0.121. The van der Waals surface area contributed by atoms with Crippen molar-refractivity contribution in [2.45, 2.75) is 25.7 Å². The summed E-state index contributed by atoms with van der Waals surface area (Å²) in [5.74, 6) is 1.02. The molecule has 1 heterocycles. The predicted octanol–water partition coefficient (Wildman–Crippen LogP) is 2.41. The summed E-state index contributed by atoms with van der Waals surface area (Å²) in [6.07, 6.45) is 3.36. The number of rotatable bonds is 10. The summed E-state index contributed by atoms with van der Waals surface area (Å²) in [5.41, 5.74) is 0. The number of ether oxygens (including phenoxy) is 1. The molecule has 5 nitrogen and oxygen atoms in total. The molecule has 6 heteroatoms. The summed E-state index contributed by atoms with van der Waals surface area (Å²) in [4.78, 5) is 14.2. The van der Waals surface area contributed by atoms with Crippen LogP contribution in [0.3, 0.4) is 0 Å². The maximum atomic E-state index is 11.8. The molecule has 0 radical (unpaired) electrons. The third-order valence-electron chi connectivity index (χ3n) is 4.06. The van der Waals surface area contributed by atoms with Gasteiger partial charge in [-0.05, 0) is 50.1 Å². The van der Waals surface area contributed by atoms with Crippen molar-refractivity contribution in [3.05, 3.63) is 28.7 Å². The Hall–Kier alpha value is -1.11. The van der Waals surface area contributed by atoms with Crippen molar-refractivity contribution < 1.29 is 9.53 Å². The Kier molecular flexibility index (Phi) is 9.16. The van der Waals surface area contributed by atoms with Crippen molar-refractivity contribution in [2.24, 2.45) is 0 Å². The Bertz CT molecular complexity index is 476. The summed E-state index contributed by atoms with van der Waals surface area (Å²) in [5, 5.41) is 6.36. The van der Waals surface area contributed by atoms with Crippen LogP contribution in [0.2, 0.25) is 0 Å². The van der Waals surface area contributed by atoms with Crippen LogP contribution in [0.25, 0.3) is 0 Å². The molecular formula is C18H28BrN3O2. The Morgan fingerprint density at radius 1 is 1.17 bits per heavy atom. The number of nitrogens with one attached hydrogen (secondary N) is 2. The molecule has 134 valence electrons. The highest BCUT2D eigenvalue weighted by Crippen LogP contribution is 2.16. The highest BCUT2D eigenvalue weighted by atomic mass is 79.9. The molecule has 0 aliphatic carbocycles. The topological polar surface area (TPSA) is 53.6 Å². The van der Waals surface area contributed by atoms with Crippen LogP contribution in [-0.2, 0) is 4.79 Å². The van der Waals surface area contributed by atoms with Crippen LogP contribution in [0.15, 0.2) is 28.7 Å². The Morgan fingerprint density at radius 2 is 1.92 bits per heavy atom. The molecule has 0 unspecified atom stereocenters. The fourth-order valence-electron chi connectivity index (χ4n) is 2.66. The Balaban J connectivity index is 1.42. The van der Waals surface area contributed by atoms with E-state index in [1.807, 2.05) is 24.3 Å². The molecule has 0 atom stereocenters. The lowest BCUT2D eigenvalue weighted by Gasteiger charge is -2.27. The maximum absolute atomic E-state index is 11.8. The Labute approximate surface area is 153 Å². The fraction of sp³-hybridized carbons (Fsp3) is 0.611. The summed E-state index contributed by atoms with van der Waals surface area (Å²) < 4.78 is 6.69. The van der Waals surface area contributed by atoms with E-state index in [9.17, 15) is 4.79 Å². The number of piperazine rings is 1. The van der Waals surface area contributed by atoms with Crippen molar-refractivity contribution in [2.75, 3.05) is 45.9 Å². The van der Waals surface area contributed by atoms with Gasteiger partial charge < -0.3 is 20.3 Å². The maximum Gasteiger partial charge on any atom is 0.219 e. The van der Waals surface area contributed by atoms with Crippen molar-refractivity contribution in [3.8, 4) is 5.75 Å². The molecule has 1 aromatic carbocycles. The smallest absolute Gasteiger partial charge is 0.219 e. The highest BCUT2D eigenvalue weighted by molar-refractivity contribution is 9.10.